The summed E-state index contributed by atoms with van der Waals surface area (Å²) in [7, 11) is 3.00. The molecule has 0 bridgehead atoms. The van der Waals surface area contributed by atoms with Crippen LogP contribution in [-0.2, 0) is 0 Å². The minimum absolute atomic E-state index is 0. The summed E-state index contributed by atoms with van der Waals surface area (Å²) >= 11 is 0. The molecule has 2 amide bonds. The van der Waals surface area contributed by atoms with Gasteiger partial charge in [-0.25, -0.2) is 0 Å². The summed E-state index contributed by atoms with van der Waals surface area (Å²) in [5, 5.41) is 31.8. The highest BCUT2D eigenvalue weighted by Gasteiger charge is 2.12. The smallest absolute Gasteiger partial charge is 0.255 e. The van der Waals surface area contributed by atoms with Crippen LogP contribution < -0.4 is 10.6 Å². The number of phenolic OH excluding ortho intramolecular Hbond substituents is 2. The first-order valence-electron chi connectivity index (χ1n) is 9.03. The summed E-state index contributed by atoms with van der Waals surface area (Å²) in [6, 6.07) is 8.04. The Morgan fingerprint density at radius 3 is 1.55 bits per heavy atom. The van der Waals surface area contributed by atoms with Crippen molar-refractivity contribution in [2.45, 2.75) is 0 Å². The van der Waals surface area contributed by atoms with E-state index in [4.69, 9.17) is 11.1 Å². The van der Waals surface area contributed by atoms with Crippen LogP contribution in [0.3, 0.4) is 0 Å². The van der Waals surface area contributed by atoms with E-state index in [1.165, 1.54) is 58.0 Å². The van der Waals surface area contributed by atoms with Gasteiger partial charge in [0.25, 0.3) is 11.8 Å². The van der Waals surface area contributed by atoms with Gasteiger partial charge in [-0.2, -0.15) is 0 Å². The zero-order valence-corrected chi connectivity index (χ0v) is 20.9. The van der Waals surface area contributed by atoms with E-state index in [9.17, 15) is 19.8 Å². The number of azide groups is 2. The average molecular weight is 602 g/mol. The molecule has 0 aliphatic rings. The summed E-state index contributed by atoms with van der Waals surface area (Å²) in [6.45, 7) is 0.734. The fraction of sp³-hybridized carbons (Fsp3) is 0.222. The van der Waals surface area contributed by atoms with Crippen molar-refractivity contribution in [1.82, 2.24) is 10.6 Å². The Balaban J connectivity index is 0.00000544. The quantitative estimate of drug-likeness (QED) is 0.0686. The van der Waals surface area contributed by atoms with Gasteiger partial charge < -0.3 is 20.8 Å². The van der Waals surface area contributed by atoms with Crippen molar-refractivity contribution < 1.29 is 19.8 Å². The zero-order chi connectivity index (χ0) is 23.3. The molecule has 4 N–H and O–H groups in total. The van der Waals surface area contributed by atoms with Gasteiger partial charge in [0.15, 0.2) is 0 Å². The molecular weight excluding hydrogens is 583 g/mol. The second-order valence-corrected chi connectivity index (χ2v) is 8.64. The Morgan fingerprint density at radius 2 is 1.21 bits per heavy atom. The number of hydrogen-bond donors (Lipinski definition) is 4. The van der Waals surface area contributed by atoms with E-state index in [1.54, 1.807) is 0 Å². The van der Waals surface area contributed by atoms with Crippen LogP contribution in [0.5, 0.6) is 11.5 Å². The van der Waals surface area contributed by atoms with Crippen LogP contribution in [0.25, 0.3) is 20.9 Å². The van der Waals surface area contributed by atoms with Crippen LogP contribution >= 0.6 is 45.6 Å². The lowest BCUT2D eigenvalue weighted by Crippen LogP contribution is -2.26. The van der Waals surface area contributed by atoms with Gasteiger partial charge in [0.2, 0.25) is 0 Å². The molecule has 0 fully saturated rings. The van der Waals surface area contributed by atoms with Crippen LogP contribution in [0.2, 0.25) is 0 Å². The number of benzene rings is 2. The lowest BCUT2D eigenvalue weighted by molar-refractivity contribution is 0.0945. The van der Waals surface area contributed by atoms with Crippen molar-refractivity contribution in [2.75, 3.05) is 24.6 Å². The number of nitrogens with one attached hydrogen (secondary N) is 2. The van der Waals surface area contributed by atoms with Gasteiger partial charge in [-0.1, -0.05) is 43.9 Å². The number of carbonyl (C=O) groups excluding carboxylic acids is 2. The molecule has 15 heteroatoms. The number of phenols is 2. The molecule has 2 aromatic rings. The lowest BCUT2D eigenvalue weighted by atomic mass is 10.1. The van der Waals surface area contributed by atoms with Crippen LogP contribution in [-0.4, -0.2) is 46.6 Å². The Morgan fingerprint density at radius 1 is 0.818 bits per heavy atom. The topological polar surface area (TPSA) is 196 Å². The Hall–Kier alpha value is -2.97. The highest BCUT2D eigenvalue weighted by molar-refractivity contribution is 14.0. The predicted octanol–water partition coefficient (Wildman–Crippen LogP) is 5.14. The van der Waals surface area contributed by atoms with Gasteiger partial charge in [-0.3, -0.25) is 9.59 Å². The maximum atomic E-state index is 12.1. The average Bonchev–Trinajstić information content (AvgIpc) is 2.76. The molecule has 0 unspecified atom stereocenters. The molecule has 2 aromatic carbocycles. The van der Waals surface area contributed by atoms with Crippen molar-refractivity contribution in [3.05, 3.63) is 68.4 Å². The third-order valence-corrected chi connectivity index (χ3v) is 6.21. The SMILES string of the molecule is I.[N-]=[N+]=Nc1ccc(C(=O)NCCSSCCNC(=O)c2ccc(N=[N+]=[N-])cc2O)c(O)c1. The van der Waals surface area contributed by atoms with Gasteiger partial charge in [-0.15, -0.1) is 24.0 Å². The third kappa shape index (κ3) is 9.19. The maximum absolute atomic E-state index is 12.1. The fourth-order valence-electron chi connectivity index (χ4n) is 2.37. The molecule has 174 valence electrons. The largest absolute Gasteiger partial charge is 0.507 e. The van der Waals surface area contributed by atoms with E-state index in [0.717, 1.165) is 0 Å². The molecule has 0 saturated carbocycles. The van der Waals surface area contributed by atoms with E-state index in [-0.39, 0.29) is 58.0 Å². The van der Waals surface area contributed by atoms with Crippen LogP contribution in [0.4, 0.5) is 11.4 Å². The first-order chi connectivity index (χ1) is 15.5. The summed E-state index contributed by atoms with van der Waals surface area (Å²) < 4.78 is 0. The van der Waals surface area contributed by atoms with Crippen molar-refractivity contribution >= 4 is 68.8 Å². The van der Waals surface area contributed by atoms with Crippen molar-refractivity contribution in [3.8, 4) is 11.5 Å². The summed E-state index contributed by atoms with van der Waals surface area (Å²) in [5.74, 6) is -0.238. The Bertz CT molecular complexity index is 1010. The first kappa shape index (κ1) is 28.1. The second-order valence-electron chi connectivity index (χ2n) is 5.94. The number of amides is 2. The molecule has 0 radical (unpaired) electrons. The second kappa shape index (κ2) is 15.0. The number of rotatable bonds is 11. The predicted molar refractivity (Wildman–Crippen MR) is 139 cm³/mol. The molecule has 2 rings (SSSR count). The maximum Gasteiger partial charge on any atom is 0.255 e. The van der Waals surface area contributed by atoms with Crippen LogP contribution in [0.15, 0.2) is 46.6 Å². The summed E-state index contributed by atoms with van der Waals surface area (Å²) in [4.78, 5) is 29.4. The van der Waals surface area contributed by atoms with E-state index >= 15 is 0 Å². The van der Waals surface area contributed by atoms with Gasteiger partial charge in [0.05, 0.1) is 11.1 Å². The molecule has 33 heavy (non-hydrogen) atoms. The highest BCUT2D eigenvalue weighted by atomic mass is 127. The van der Waals surface area contributed by atoms with Crippen molar-refractivity contribution in [3.63, 3.8) is 0 Å². The monoisotopic (exact) mass is 602 g/mol. The molecule has 0 heterocycles. The highest BCUT2D eigenvalue weighted by Crippen LogP contribution is 2.25. The minimum Gasteiger partial charge on any atom is -0.507 e. The molecular formula is C18H19IN8O4S2. The van der Waals surface area contributed by atoms with E-state index < -0.39 is 11.8 Å². The number of carbonyl (C=O) groups is 2. The van der Waals surface area contributed by atoms with E-state index in [2.05, 4.69) is 30.7 Å². The molecule has 0 saturated heterocycles. The minimum atomic E-state index is -0.445. The standard InChI is InChI=1S/C18H18N8O4S2.HI/c19-25-23-11-1-3-13(15(27)9-11)17(29)21-5-7-31-32-8-6-22-18(30)14-4-2-12(24-26-20)10-16(14)28;/h1-4,9-10,27-28H,5-8H2,(H,21,29)(H,22,30);1H. The third-order valence-electron chi connectivity index (χ3n) is 3.80. The molecule has 0 aliphatic heterocycles. The number of aromatic hydroxyl groups is 2. The molecule has 0 atom stereocenters. The normalized spacial score (nSPS) is 9.58. The first-order valence-corrected chi connectivity index (χ1v) is 11.5. The number of nitrogens with zero attached hydrogens (tertiary/aromatic N) is 6. The Labute approximate surface area is 213 Å². The van der Waals surface area contributed by atoms with Crippen LogP contribution in [0.1, 0.15) is 20.7 Å². The summed E-state index contributed by atoms with van der Waals surface area (Å²) in [5.41, 5.74) is 17.3. The molecule has 0 aromatic heterocycles. The van der Waals surface area contributed by atoms with Crippen molar-refractivity contribution in [1.29, 1.82) is 0 Å². The van der Waals surface area contributed by atoms with Gasteiger partial charge >= 0.3 is 0 Å². The molecule has 0 aliphatic carbocycles. The molecule has 0 spiro atoms. The van der Waals surface area contributed by atoms with Gasteiger partial charge in [0.1, 0.15) is 11.5 Å². The lowest BCUT2D eigenvalue weighted by Gasteiger charge is -2.08. The number of halogens is 1. The van der Waals surface area contributed by atoms with Gasteiger partial charge in [0, 0.05) is 45.8 Å². The zero-order valence-electron chi connectivity index (χ0n) is 16.9. The van der Waals surface area contributed by atoms with E-state index in [1.807, 2.05) is 0 Å². The fourth-order valence-corrected chi connectivity index (χ4v) is 4.19. The Kier molecular flexibility index (Phi) is 12.7. The van der Waals surface area contributed by atoms with Crippen LogP contribution in [0, 0.1) is 0 Å². The molecule has 12 nitrogen and oxygen atoms in total. The van der Waals surface area contributed by atoms with Gasteiger partial charge in [-0.05, 0) is 35.3 Å². The summed E-state index contributed by atoms with van der Waals surface area (Å²) in [6.07, 6.45) is 0. The van der Waals surface area contributed by atoms with E-state index in [0.29, 0.717) is 24.6 Å². The number of hydrogen-bond acceptors (Lipinski definition) is 8. The van der Waals surface area contributed by atoms with Crippen molar-refractivity contribution in [2.24, 2.45) is 10.2 Å².